The summed E-state index contributed by atoms with van der Waals surface area (Å²) in [6, 6.07) is 18.1. The van der Waals surface area contributed by atoms with Crippen molar-refractivity contribution in [2.24, 2.45) is 17.8 Å². The van der Waals surface area contributed by atoms with Gasteiger partial charge in [-0.15, -0.1) is 0 Å². The first-order valence-corrected chi connectivity index (χ1v) is 19.5. The van der Waals surface area contributed by atoms with E-state index in [2.05, 4.69) is 22.3 Å². The number of Topliss-reactive ketones (excluding diaryl/α,β-unsaturated/α-hetero) is 1. The Morgan fingerprint density at radius 1 is 0.926 bits per heavy atom. The van der Waals surface area contributed by atoms with E-state index in [1.807, 2.05) is 42.5 Å². The number of carboxylic acid groups (broad SMARTS) is 1. The van der Waals surface area contributed by atoms with Gasteiger partial charge in [-0.25, -0.2) is 4.98 Å². The van der Waals surface area contributed by atoms with Crippen molar-refractivity contribution in [2.75, 3.05) is 27.3 Å². The number of rotatable bonds is 13. The molecule has 54 heavy (non-hydrogen) atoms. The summed E-state index contributed by atoms with van der Waals surface area (Å²) in [6.45, 7) is 2.77. The SMILES string of the molecule is COc1nc(-c2cccc(-c3cccc4c3CC[C@@H]4Oc3nc(OC)c(CN4CC5CC(C(=O)O)C4C5)cc3Cl)c2Cl)ccc1CNC[C@@H]1CCC(=O)C1. The van der Waals surface area contributed by atoms with Crippen LogP contribution in [0.3, 0.4) is 0 Å². The monoisotopic (exact) mass is 770 g/mol. The lowest BCUT2D eigenvalue weighted by molar-refractivity contribution is -0.144. The smallest absolute Gasteiger partial charge is 0.308 e. The number of aliphatic carboxylic acids is 1. The Morgan fingerprint density at radius 2 is 1.70 bits per heavy atom. The van der Waals surface area contributed by atoms with Crippen LogP contribution in [0.15, 0.2) is 54.6 Å². The minimum atomic E-state index is -0.725. The molecule has 10 nitrogen and oxygen atoms in total. The van der Waals surface area contributed by atoms with E-state index < -0.39 is 5.97 Å². The van der Waals surface area contributed by atoms with Gasteiger partial charge in [-0.2, -0.15) is 4.98 Å². The van der Waals surface area contributed by atoms with E-state index in [-0.39, 0.29) is 18.1 Å². The third-order valence-electron chi connectivity index (χ3n) is 11.7. The van der Waals surface area contributed by atoms with Crippen molar-refractivity contribution in [3.05, 3.63) is 86.9 Å². The molecule has 0 radical (unpaired) electrons. The molecule has 0 spiro atoms. The zero-order chi connectivity index (χ0) is 37.5. The standard InChI is InChI=1S/C42H44Cl2N4O6/c1-52-39-25(20-45-19-23-9-11-27(49)15-23)10-13-35(46-39)32-8-4-7-31(38(32)44)28-5-3-6-30-29(28)12-14-37(30)54-41-34(43)18-26(40(47-41)53-2)22-48-21-24-16-33(42(50)51)36(48)17-24/h3-8,10,13,18,23-24,33,36-37,45H,9,11-12,14-17,19-22H2,1-2H3,(H,50,51)/t23-,24?,33?,36?,37+/m1/s1. The van der Waals surface area contributed by atoms with Gasteiger partial charge in [0.05, 0.1) is 30.9 Å². The number of pyridine rings is 2. The van der Waals surface area contributed by atoms with Crippen LogP contribution in [-0.4, -0.2) is 65.1 Å². The third kappa shape index (κ3) is 7.17. The molecule has 3 unspecified atom stereocenters. The topological polar surface area (TPSA) is 123 Å². The summed E-state index contributed by atoms with van der Waals surface area (Å²) in [5, 5.41) is 14.2. The lowest BCUT2D eigenvalue weighted by Gasteiger charge is -2.31. The van der Waals surface area contributed by atoms with Crippen LogP contribution < -0.4 is 19.5 Å². The maximum Gasteiger partial charge on any atom is 0.308 e. The molecule has 8 rings (SSSR count). The molecule has 2 aromatic heterocycles. The van der Waals surface area contributed by atoms with Gasteiger partial charge in [0.1, 0.15) is 16.9 Å². The number of piperidine rings is 1. The number of carboxylic acids is 1. The second kappa shape index (κ2) is 15.5. The number of hydrogen-bond donors (Lipinski definition) is 2. The van der Waals surface area contributed by atoms with Crippen molar-refractivity contribution in [3.63, 3.8) is 0 Å². The molecular weight excluding hydrogens is 727 g/mol. The number of methoxy groups -OCH3 is 2. The summed E-state index contributed by atoms with van der Waals surface area (Å²) in [6.07, 6.45) is 5.19. The van der Waals surface area contributed by atoms with Gasteiger partial charge in [-0.05, 0) is 79.3 Å². The molecule has 0 amide bonds. The van der Waals surface area contributed by atoms with E-state index in [1.165, 1.54) is 0 Å². The van der Waals surface area contributed by atoms with Crippen LogP contribution in [0.4, 0.5) is 0 Å². The lowest BCUT2D eigenvalue weighted by atomic mass is 9.94. The summed E-state index contributed by atoms with van der Waals surface area (Å²) in [5.74, 6) is 1.35. The van der Waals surface area contributed by atoms with Gasteiger partial charge < -0.3 is 24.6 Å². The van der Waals surface area contributed by atoms with Gasteiger partial charge in [0.25, 0.3) is 0 Å². The molecule has 1 saturated heterocycles. The lowest BCUT2D eigenvalue weighted by Crippen LogP contribution is -2.40. The largest absolute Gasteiger partial charge is 0.481 e. The normalized spacial score (nSPS) is 23.2. The fraction of sp³-hybridized carbons (Fsp3) is 0.429. The van der Waals surface area contributed by atoms with Crippen LogP contribution in [0.2, 0.25) is 10.0 Å². The van der Waals surface area contributed by atoms with E-state index in [1.54, 1.807) is 14.2 Å². The number of benzene rings is 2. The molecule has 12 heteroatoms. The second-order valence-electron chi connectivity index (χ2n) is 15.1. The number of aromatic nitrogens is 2. The molecule has 4 aromatic rings. The first-order valence-electron chi connectivity index (χ1n) is 18.7. The van der Waals surface area contributed by atoms with E-state index >= 15 is 0 Å². The summed E-state index contributed by atoms with van der Waals surface area (Å²) in [4.78, 5) is 35.3. The minimum absolute atomic E-state index is 0.0128. The summed E-state index contributed by atoms with van der Waals surface area (Å²) in [7, 11) is 3.20. The second-order valence-corrected chi connectivity index (χ2v) is 15.8. The number of ether oxygens (including phenoxy) is 3. The molecule has 4 aliphatic rings. The van der Waals surface area contributed by atoms with Crippen molar-refractivity contribution in [2.45, 2.75) is 70.2 Å². The fourth-order valence-corrected chi connectivity index (χ4v) is 9.68. The van der Waals surface area contributed by atoms with E-state index in [9.17, 15) is 14.7 Å². The summed E-state index contributed by atoms with van der Waals surface area (Å²) >= 11 is 14.0. The van der Waals surface area contributed by atoms with Crippen LogP contribution >= 0.6 is 23.2 Å². The highest BCUT2D eigenvalue weighted by Crippen LogP contribution is 2.46. The molecule has 2 N–H and O–H groups in total. The molecule has 2 aromatic carbocycles. The number of likely N-dealkylation sites (tertiary alicyclic amines) is 1. The third-order valence-corrected chi connectivity index (χ3v) is 12.4. The summed E-state index contributed by atoms with van der Waals surface area (Å²) < 4.78 is 17.9. The number of carbonyl (C=O) groups is 2. The van der Waals surface area contributed by atoms with Crippen LogP contribution in [-0.2, 0) is 29.1 Å². The average Bonchev–Trinajstić information content (AvgIpc) is 3.98. The highest BCUT2D eigenvalue weighted by atomic mass is 35.5. The molecule has 3 heterocycles. The van der Waals surface area contributed by atoms with E-state index in [4.69, 9.17) is 47.4 Å². The van der Waals surface area contributed by atoms with Crippen LogP contribution in [0, 0.1) is 17.8 Å². The number of halogens is 2. The van der Waals surface area contributed by atoms with Crippen molar-refractivity contribution in [1.29, 1.82) is 0 Å². The first kappa shape index (κ1) is 36.7. The number of nitrogens with one attached hydrogen (secondary N) is 1. The fourth-order valence-electron chi connectivity index (χ4n) is 9.14. The van der Waals surface area contributed by atoms with Crippen LogP contribution in [0.25, 0.3) is 22.4 Å². The molecule has 1 aliphatic heterocycles. The Morgan fingerprint density at radius 3 is 2.46 bits per heavy atom. The molecule has 282 valence electrons. The van der Waals surface area contributed by atoms with Crippen molar-refractivity contribution >= 4 is 35.0 Å². The summed E-state index contributed by atoms with van der Waals surface area (Å²) in [5.41, 5.74) is 7.45. The van der Waals surface area contributed by atoms with Crippen molar-refractivity contribution in [3.8, 4) is 40.0 Å². The Bertz CT molecular complexity index is 2090. The number of carbonyl (C=O) groups excluding carboxylic acids is 1. The molecule has 3 fully saturated rings. The Hall–Kier alpha value is -4.22. The molecule has 2 bridgehead atoms. The quantitative estimate of drug-likeness (QED) is 0.139. The Labute approximate surface area is 325 Å². The van der Waals surface area contributed by atoms with Gasteiger partial charge in [0, 0.05) is 60.8 Å². The maximum absolute atomic E-state index is 11.8. The zero-order valence-electron chi connectivity index (χ0n) is 30.4. The number of hydrogen-bond acceptors (Lipinski definition) is 9. The number of ketones is 1. The van der Waals surface area contributed by atoms with Crippen LogP contribution in [0.5, 0.6) is 17.6 Å². The van der Waals surface area contributed by atoms with Gasteiger partial charge in [-0.3, -0.25) is 14.5 Å². The average molecular weight is 772 g/mol. The van der Waals surface area contributed by atoms with Crippen molar-refractivity contribution < 1.29 is 28.9 Å². The number of nitrogens with zero attached hydrogens (tertiary/aromatic N) is 3. The highest BCUT2D eigenvalue weighted by Gasteiger charge is 2.48. The first-order chi connectivity index (χ1) is 26.2. The predicted molar refractivity (Wildman–Crippen MR) is 206 cm³/mol. The molecule has 3 aliphatic carbocycles. The Balaban J connectivity index is 0.993. The van der Waals surface area contributed by atoms with Crippen molar-refractivity contribution in [1.82, 2.24) is 20.2 Å². The van der Waals surface area contributed by atoms with Gasteiger partial charge >= 0.3 is 5.97 Å². The van der Waals surface area contributed by atoms with Gasteiger partial charge in [0.2, 0.25) is 17.6 Å². The predicted octanol–water partition coefficient (Wildman–Crippen LogP) is 7.95. The zero-order valence-corrected chi connectivity index (χ0v) is 32.0. The number of fused-ring (bicyclic) bond motifs is 3. The maximum atomic E-state index is 11.8. The highest BCUT2D eigenvalue weighted by molar-refractivity contribution is 6.36. The Kier molecular flexibility index (Phi) is 10.5. The minimum Gasteiger partial charge on any atom is -0.481 e. The van der Waals surface area contributed by atoms with Gasteiger partial charge in [0.15, 0.2) is 0 Å². The molecule has 2 saturated carbocycles. The molecule has 5 atom stereocenters. The van der Waals surface area contributed by atoms with Crippen LogP contribution in [0.1, 0.15) is 66.9 Å². The van der Waals surface area contributed by atoms with Gasteiger partial charge in [-0.1, -0.05) is 65.7 Å². The van der Waals surface area contributed by atoms with E-state index in [0.717, 1.165) is 89.8 Å². The molecular formula is C42H44Cl2N4O6. The van der Waals surface area contributed by atoms with E-state index in [0.29, 0.717) is 71.2 Å².